The molecule has 0 saturated heterocycles. The van der Waals surface area contributed by atoms with E-state index in [1.807, 2.05) is 0 Å². The van der Waals surface area contributed by atoms with E-state index >= 15 is 0 Å². The van der Waals surface area contributed by atoms with Crippen molar-refractivity contribution in [2.24, 2.45) is 0 Å². The Balaban J connectivity index is 3.26. The largest absolute Gasteiger partial charge is 0.480 e. The van der Waals surface area contributed by atoms with Gasteiger partial charge in [0.1, 0.15) is 5.54 Å². The number of hydrogen-bond acceptors (Lipinski definition) is 2. The van der Waals surface area contributed by atoms with Gasteiger partial charge in [-0.1, -0.05) is 29.8 Å². The molecule has 2 N–H and O–H groups in total. The summed E-state index contributed by atoms with van der Waals surface area (Å²) in [7, 11) is 1.59. The summed E-state index contributed by atoms with van der Waals surface area (Å²) in [6.07, 6.45) is 0. The Labute approximate surface area is 87.7 Å². The van der Waals surface area contributed by atoms with Crippen LogP contribution in [0, 0.1) is 0 Å². The van der Waals surface area contributed by atoms with Crippen molar-refractivity contribution < 1.29 is 9.90 Å². The highest BCUT2D eigenvalue weighted by atomic mass is 35.5. The van der Waals surface area contributed by atoms with Crippen LogP contribution in [0.3, 0.4) is 0 Å². The van der Waals surface area contributed by atoms with Gasteiger partial charge in [0.15, 0.2) is 0 Å². The van der Waals surface area contributed by atoms with Crippen molar-refractivity contribution >= 4 is 17.6 Å². The van der Waals surface area contributed by atoms with Gasteiger partial charge in [-0.3, -0.25) is 0 Å². The lowest BCUT2D eigenvalue weighted by Gasteiger charge is -2.25. The lowest BCUT2D eigenvalue weighted by atomic mass is 9.92. The van der Waals surface area contributed by atoms with Crippen molar-refractivity contribution in [2.45, 2.75) is 12.5 Å². The summed E-state index contributed by atoms with van der Waals surface area (Å²) in [5, 5.41) is 12.3. The molecule has 1 rings (SSSR count). The molecule has 1 aromatic carbocycles. The predicted octanol–water partition coefficient (Wildman–Crippen LogP) is 1.86. The van der Waals surface area contributed by atoms with E-state index in [0.717, 1.165) is 0 Å². The summed E-state index contributed by atoms with van der Waals surface area (Å²) in [6.45, 7) is 1.58. The maximum Gasteiger partial charge on any atom is 0.328 e. The van der Waals surface area contributed by atoms with Crippen LogP contribution in [0.15, 0.2) is 24.3 Å². The SMILES string of the molecule is CN[C@](C)(C(=O)O)c1ccccc1Cl. The van der Waals surface area contributed by atoms with E-state index in [0.29, 0.717) is 10.6 Å². The molecule has 4 heteroatoms. The molecule has 0 bridgehead atoms. The number of carboxylic acid groups (broad SMARTS) is 1. The standard InChI is InChI=1S/C10H12ClNO2/c1-10(12-2,9(13)14)7-5-3-4-6-8(7)11/h3-6,12H,1-2H3,(H,13,14)/t10-/m0/s1. The molecule has 0 aliphatic carbocycles. The zero-order valence-electron chi connectivity index (χ0n) is 8.04. The lowest BCUT2D eigenvalue weighted by molar-refractivity contribution is -0.144. The van der Waals surface area contributed by atoms with Crippen LogP contribution < -0.4 is 5.32 Å². The van der Waals surface area contributed by atoms with E-state index in [9.17, 15) is 4.79 Å². The third kappa shape index (κ3) is 1.74. The monoisotopic (exact) mass is 213 g/mol. The quantitative estimate of drug-likeness (QED) is 0.806. The highest BCUT2D eigenvalue weighted by Crippen LogP contribution is 2.27. The van der Waals surface area contributed by atoms with Gasteiger partial charge in [0, 0.05) is 10.6 Å². The first-order valence-corrected chi connectivity index (χ1v) is 4.57. The van der Waals surface area contributed by atoms with Crippen molar-refractivity contribution in [3.63, 3.8) is 0 Å². The second-order valence-electron chi connectivity index (χ2n) is 3.16. The van der Waals surface area contributed by atoms with Gasteiger partial charge in [-0.2, -0.15) is 0 Å². The molecule has 0 spiro atoms. The Hall–Kier alpha value is -1.06. The summed E-state index contributed by atoms with van der Waals surface area (Å²) in [4.78, 5) is 11.1. The summed E-state index contributed by atoms with van der Waals surface area (Å²) in [5.74, 6) is -0.951. The zero-order valence-corrected chi connectivity index (χ0v) is 8.80. The van der Waals surface area contributed by atoms with Gasteiger partial charge < -0.3 is 10.4 Å². The van der Waals surface area contributed by atoms with Crippen LogP contribution in [0.1, 0.15) is 12.5 Å². The van der Waals surface area contributed by atoms with Crippen LogP contribution in [0.2, 0.25) is 5.02 Å². The van der Waals surface area contributed by atoms with Gasteiger partial charge in [-0.05, 0) is 20.0 Å². The van der Waals surface area contributed by atoms with Gasteiger partial charge >= 0.3 is 5.97 Å². The average Bonchev–Trinajstić information content (AvgIpc) is 2.17. The number of likely N-dealkylation sites (N-methyl/N-ethyl adjacent to an activating group) is 1. The van der Waals surface area contributed by atoms with Crippen LogP contribution in [0.4, 0.5) is 0 Å². The minimum Gasteiger partial charge on any atom is -0.480 e. The molecule has 14 heavy (non-hydrogen) atoms. The molecule has 3 nitrogen and oxygen atoms in total. The van der Waals surface area contributed by atoms with E-state index in [1.54, 1.807) is 38.2 Å². The highest BCUT2D eigenvalue weighted by Gasteiger charge is 2.34. The van der Waals surface area contributed by atoms with Crippen molar-refractivity contribution in [3.05, 3.63) is 34.9 Å². The van der Waals surface area contributed by atoms with Crippen LogP contribution in [-0.4, -0.2) is 18.1 Å². The minimum absolute atomic E-state index is 0.451. The number of carboxylic acids is 1. The number of nitrogens with one attached hydrogen (secondary N) is 1. The normalized spacial score (nSPS) is 14.8. The zero-order chi connectivity index (χ0) is 10.8. The van der Waals surface area contributed by atoms with Crippen LogP contribution in [0.25, 0.3) is 0 Å². The van der Waals surface area contributed by atoms with Crippen molar-refractivity contribution in [1.29, 1.82) is 0 Å². The number of hydrogen-bond donors (Lipinski definition) is 2. The molecule has 0 amide bonds. The Kier molecular flexibility index (Phi) is 3.13. The molecule has 0 saturated carbocycles. The van der Waals surface area contributed by atoms with Crippen molar-refractivity contribution in [3.8, 4) is 0 Å². The molecule has 0 unspecified atom stereocenters. The molecule has 1 aromatic rings. The Morgan fingerprint density at radius 1 is 1.50 bits per heavy atom. The predicted molar refractivity (Wildman–Crippen MR) is 55.5 cm³/mol. The third-order valence-electron chi connectivity index (χ3n) is 2.34. The number of rotatable bonds is 3. The number of aliphatic carboxylic acids is 1. The van der Waals surface area contributed by atoms with E-state index in [2.05, 4.69) is 5.32 Å². The smallest absolute Gasteiger partial charge is 0.328 e. The summed E-state index contributed by atoms with van der Waals surface area (Å²) < 4.78 is 0. The topological polar surface area (TPSA) is 49.3 Å². The molecule has 0 radical (unpaired) electrons. The Morgan fingerprint density at radius 2 is 2.07 bits per heavy atom. The fourth-order valence-corrected chi connectivity index (χ4v) is 1.55. The van der Waals surface area contributed by atoms with Gasteiger partial charge in [-0.15, -0.1) is 0 Å². The fraction of sp³-hybridized carbons (Fsp3) is 0.300. The second-order valence-corrected chi connectivity index (χ2v) is 3.57. The molecule has 0 heterocycles. The molecular weight excluding hydrogens is 202 g/mol. The van der Waals surface area contributed by atoms with E-state index in [4.69, 9.17) is 16.7 Å². The van der Waals surface area contributed by atoms with Crippen LogP contribution in [0.5, 0.6) is 0 Å². The van der Waals surface area contributed by atoms with Crippen LogP contribution in [-0.2, 0) is 10.3 Å². The van der Waals surface area contributed by atoms with E-state index in [-0.39, 0.29) is 0 Å². The molecule has 0 aliphatic rings. The molecule has 76 valence electrons. The van der Waals surface area contributed by atoms with E-state index < -0.39 is 11.5 Å². The molecular formula is C10H12ClNO2. The number of carbonyl (C=O) groups is 1. The van der Waals surface area contributed by atoms with Gasteiger partial charge in [0.05, 0.1) is 0 Å². The maximum atomic E-state index is 11.1. The molecule has 1 atom stereocenters. The Morgan fingerprint density at radius 3 is 2.50 bits per heavy atom. The van der Waals surface area contributed by atoms with Crippen molar-refractivity contribution in [2.75, 3.05) is 7.05 Å². The average molecular weight is 214 g/mol. The summed E-state index contributed by atoms with van der Waals surface area (Å²) in [6, 6.07) is 6.91. The lowest BCUT2D eigenvalue weighted by Crippen LogP contribution is -2.44. The van der Waals surface area contributed by atoms with Crippen LogP contribution >= 0.6 is 11.6 Å². The van der Waals surface area contributed by atoms with Gasteiger partial charge in [-0.25, -0.2) is 4.79 Å². The molecule has 0 fully saturated rings. The Bertz CT molecular complexity index is 354. The first kappa shape index (κ1) is 11.0. The first-order chi connectivity index (χ1) is 6.52. The summed E-state index contributed by atoms with van der Waals surface area (Å²) in [5.41, 5.74) is -0.574. The second kappa shape index (κ2) is 3.98. The van der Waals surface area contributed by atoms with E-state index in [1.165, 1.54) is 0 Å². The molecule has 0 aromatic heterocycles. The third-order valence-corrected chi connectivity index (χ3v) is 2.67. The fourth-order valence-electron chi connectivity index (χ4n) is 1.22. The summed E-state index contributed by atoms with van der Waals surface area (Å²) >= 11 is 5.93. The van der Waals surface area contributed by atoms with Gasteiger partial charge in [0.25, 0.3) is 0 Å². The molecule has 0 aliphatic heterocycles. The highest BCUT2D eigenvalue weighted by molar-refractivity contribution is 6.31. The van der Waals surface area contributed by atoms with Gasteiger partial charge in [0.2, 0.25) is 0 Å². The first-order valence-electron chi connectivity index (χ1n) is 4.19. The number of benzene rings is 1. The van der Waals surface area contributed by atoms with Crippen molar-refractivity contribution in [1.82, 2.24) is 5.32 Å². The minimum atomic E-state index is -1.14. The maximum absolute atomic E-state index is 11.1. The number of halogens is 1.